The standard InChI is InChI=1S/C10H13NO2/c1-7-5-4-6-8(9(7)11-2)10(12)13-3/h4-6,11H,1-3H3/p+1. The zero-order chi connectivity index (χ0) is 9.84. The number of ether oxygens (including phenoxy) is 1. The number of benzene rings is 1. The second-order valence-electron chi connectivity index (χ2n) is 2.82. The second kappa shape index (κ2) is 4.05. The molecular weight excluding hydrogens is 166 g/mol. The van der Waals surface area contributed by atoms with Gasteiger partial charge >= 0.3 is 5.97 Å². The molecule has 0 bridgehead atoms. The first-order valence-electron chi connectivity index (χ1n) is 4.18. The Hall–Kier alpha value is -1.35. The van der Waals surface area contributed by atoms with Crippen LogP contribution in [-0.2, 0) is 4.74 Å². The third-order valence-electron chi connectivity index (χ3n) is 2.02. The summed E-state index contributed by atoms with van der Waals surface area (Å²) in [5.41, 5.74) is 2.67. The summed E-state index contributed by atoms with van der Waals surface area (Å²) in [4.78, 5) is 11.3. The highest BCUT2D eigenvalue weighted by molar-refractivity contribution is 5.94. The molecule has 0 saturated heterocycles. The number of carbonyl (C=O) groups is 1. The number of aryl methyl sites for hydroxylation is 1. The minimum Gasteiger partial charge on any atom is -0.465 e. The van der Waals surface area contributed by atoms with Crippen LogP contribution < -0.4 is 5.32 Å². The summed E-state index contributed by atoms with van der Waals surface area (Å²) in [6.07, 6.45) is 0. The quantitative estimate of drug-likeness (QED) is 0.535. The number of nitrogens with two attached hydrogens (primary N) is 1. The minimum atomic E-state index is -0.281. The van der Waals surface area contributed by atoms with E-state index in [1.165, 1.54) is 7.11 Å². The van der Waals surface area contributed by atoms with Crippen LogP contribution in [0.3, 0.4) is 0 Å². The van der Waals surface area contributed by atoms with Crippen LogP contribution in [0.4, 0.5) is 5.69 Å². The zero-order valence-electron chi connectivity index (χ0n) is 8.13. The molecule has 0 unspecified atom stereocenters. The Labute approximate surface area is 77.7 Å². The number of hydrogen-bond acceptors (Lipinski definition) is 2. The van der Waals surface area contributed by atoms with Crippen molar-refractivity contribution < 1.29 is 14.8 Å². The molecule has 1 rings (SSSR count). The number of methoxy groups -OCH3 is 1. The van der Waals surface area contributed by atoms with Crippen LogP contribution in [0.15, 0.2) is 18.2 Å². The van der Waals surface area contributed by atoms with Crippen LogP contribution >= 0.6 is 0 Å². The lowest BCUT2D eigenvalue weighted by molar-refractivity contribution is -0.540. The van der Waals surface area contributed by atoms with Crippen molar-refractivity contribution in [3.8, 4) is 0 Å². The Balaban J connectivity index is 3.20. The summed E-state index contributed by atoms with van der Waals surface area (Å²) in [6.45, 7) is 1.97. The van der Waals surface area contributed by atoms with E-state index < -0.39 is 0 Å². The lowest BCUT2D eigenvalue weighted by atomic mass is 10.1. The lowest BCUT2D eigenvalue weighted by Crippen LogP contribution is -2.73. The molecule has 0 spiro atoms. The van der Waals surface area contributed by atoms with Crippen LogP contribution in [0, 0.1) is 6.92 Å². The summed E-state index contributed by atoms with van der Waals surface area (Å²) in [6, 6.07) is 5.60. The first-order valence-corrected chi connectivity index (χ1v) is 4.18. The molecule has 0 aromatic heterocycles. The van der Waals surface area contributed by atoms with E-state index in [1.807, 2.05) is 31.4 Å². The first-order chi connectivity index (χ1) is 6.20. The highest BCUT2D eigenvalue weighted by Gasteiger charge is 2.14. The Bertz CT molecular complexity index is 321. The van der Waals surface area contributed by atoms with E-state index in [9.17, 15) is 4.79 Å². The number of carbonyl (C=O) groups excluding carboxylic acids is 1. The van der Waals surface area contributed by atoms with Gasteiger partial charge in [-0.1, -0.05) is 12.1 Å². The molecule has 0 radical (unpaired) electrons. The van der Waals surface area contributed by atoms with Gasteiger partial charge in [0.25, 0.3) is 0 Å². The van der Waals surface area contributed by atoms with Crippen LogP contribution in [-0.4, -0.2) is 20.1 Å². The lowest BCUT2D eigenvalue weighted by Gasteiger charge is -2.05. The first kappa shape index (κ1) is 9.74. The Morgan fingerprint density at radius 1 is 1.46 bits per heavy atom. The maximum atomic E-state index is 11.3. The average Bonchev–Trinajstić information content (AvgIpc) is 2.16. The fraction of sp³-hybridized carbons (Fsp3) is 0.300. The Kier molecular flexibility index (Phi) is 3.03. The molecule has 13 heavy (non-hydrogen) atoms. The van der Waals surface area contributed by atoms with Gasteiger partial charge < -0.3 is 10.1 Å². The molecule has 0 heterocycles. The predicted molar refractivity (Wildman–Crippen MR) is 50.0 cm³/mol. The van der Waals surface area contributed by atoms with Crippen LogP contribution in [0.1, 0.15) is 15.9 Å². The molecule has 0 atom stereocenters. The number of hydrogen-bond donors (Lipinski definition) is 1. The van der Waals surface area contributed by atoms with E-state index in [2.05, 4.69) is 4.74 Å². The Morgan fingerprint density at radius 3 is 2.69 bits per heavy atom. The van der Waals surface area contributed by atoms with Gasteiger partial charge in [-0.2, -0.15) is 0 Å². The van der Waals surface area contributed by atoms with E-state index >= 15 is 0 Å². The summed E-state index contributed by atoms with van der Waals surface area (Å²) in [5.74, 6) is -0.281. The molecule has 3 heteroatoms. The molecule has 0 aliphatic carbocycles. The molecule has 0 fully saturated rings. The SMILES string of the molecule is C[NH2+]c1c(C)cccc1C(=O)OC. The molecule has 0 amide bonds. The maximum absolute atomic E-state index is 11.3. The largest absolute Gasteiger partial charge is 0.465 e. The third-order valence-corrected chi connectivity index (χ3v) is 2.02. The third kappa shape index (κ3) is 1.87. The highest BCUT2D eigenvalue weighted by atomic mass is 16.5. The molecule has 1 aromatic carbocycles. The van der Waals surface area contributed by atoms with Crippen molar-refractivity contribution in [2.45, 2.75) is 6.92 Å². The van der Waals surface area contributed by atoms with Crippen molar-refractivity contribution in [3.63, 3.8) is 0 Å². The van der Waals surface area contributed by atoms with Crippen molar-refractivity contribution in [3.05, 3.63) is 29.3 Å². The van der Waals surface area contributed by atoms with Crippen molar-refractivity contribution >= 4 is 11.7 Å². The summed E-state index contributed by atoms with van der Waals surface area (Å²) in [5, 5.41) is 1.92. The van der Waals surface area contributed by atoms with Gasteiger partial charge in [-0.05, 0) is 13.0 Å². The second-order valence-corrected chi connectivity index (χ2v) is 2.82. The van der Waals surface area contributed by atoms with Gasteiger partial charge in [0, 0.05) is 5.56 Å². The fourth-order valence-electron chi connectivity index (χ4n) is 1.35. The van der Waals surface area contributed by atoms with E-state index in [0.29, 0.717) is 5.56 Å². The summed E-state index contributed by atoms with van der Waals surface area (Å²) < 4.78 is 4.67. The topological polar surface area (TPSA) is 42.9 Å². The van der Waals surface area contributed by atoms with Crippen molar-refractivity contribution in [2.75, 3.05) is 14.2 Å². The van der Waals surface area contributed by atoms with Gasteiger partial charge in [-0.25, -0.2) is 4.79 Å². The molecular formula is C10H14NO2+. The van der Waals surface area contributed by atoms with E-state index in [4.69, 9.17) is 0 Å². The highest BCUT2D eigenvalue weighted by Crippen LogP contribution is 2.15. The normalized spacial score (nSPS) is 9.77. The van der Waals surface area contributed by atoms with Gasteiger partial charge in [-0.15, -0.1) is 0 Å². The minimum absolute atomic E-state index is 0.281. The van der Waals surface area contributed by atoms with E-state index in [-0.39, 0.29) is 5.97 Å². The van der Waals surface area contributed by atoms with Gasteiger partial charge in [0.15, 0.2) is 0 Å². The van der Waals surface area contributed by atoms with Crippen molar-refractivity contribution in [2.24, 2.45) is 0 Å². The predicted octanol–water partition coefficient (Wildman–Crippen LogP) is 0.606. The monoisotopic (exact) mass is 180 g/mol. The van der Waals surface area contributed by atoms with Crippen LogP contribution in [0.5, 0.6) is 0 Å². The zero-order valence-corrected chi connectivity index (χ0v) is 8.13. The van der Waals surface area contributed by atoms with Crippen LogP contribution in [0.2, 0.25) is 0 Å². The number of quaternary nitrogens is 1. The Morgan fingerprint density at radius 2 is 2.15 bits per heavy atom. The number of para-hydroxylation sites is 1. The van der Waals surface area contributed by atoms with Crippen molar-refractivity contribution in [1.82, 2.24) is 0 Å². The molecule has 0 aliphatic rings. The summed E-state index contributed by atoms with van der Waals surface area (Å²) in [7, 11) is 3.30. The van der Waals surface area contributed by atoms with E-state index in [0.717, 1.165) is 11.3 Å². The van der Waals surface area contributed by atoms with Gasteiger partial charge in [0.05, 0.1) is 14.2 Å². The average molecular weight is 180 g/mol. The molecule has 3 nitrogen and oxygen atoms in total. The molecule has 2 N–H and O–H groups in total. The molecule has 1 aromatic rings. The van der Waals surface area contributed by atoms with Gasteiger partial charge in [0.2, 0.25) is 0 Å². The van der Waals surface area contributed by atoms with Crippen LogP contribution in [0.25, 0.3) is 0 Å². The maximum Gasteiger partial charge on any atom is 0.343 e. The number of rotatable bonds is 2. The van der Waals surface area contributed by atoms with Crippen molar-refractivity contribution in [1.29, 1.82) is 0 Å². The smallest absolute Gasteiger partial charge is 0.343 e. The van der Waals surface area contributed by atoms with Gasteiger partial charge in [0.1, 0.15) is 11.3 Å². The molecule has 0 aliphatic heterocycles. The summed E-state index contributed by atoms with van der Waals surface area (Å²) >= 11 is 0. The van der Waals surface area contributed by atoms with E-state index in [1.54, 1.807) is 6.07 Å². The number of esters is 1. The molecule has 70 valence electrons. The molecule has 0 saturated carbocycles. The fourth-order valence-corrected chi connectivity index (χ4v) is 1.35. The van der Waals surface area contributed by atoms with Gasteiger partial charge in [-0.3, -0.25) is 0 Å².